The van der Waals surface area contributed by atoms with Crippen LogP contribution in [0, 0.1) is 10.8 Å². The maximum Gasteiger partial charge on any atom is 0.124 e. The lowest BCUT2D eigenvalue weighted by Crippen LogP contribution is -2.46. The highest BCUT2D eigenvalue weighted by atomic mass is 15.1. The van der Waals surface area contributed by atoms with E-state index < -0.39 is 5.54 Å². The van der Waals surface area contributed by atoms with Crippen LogP contribution in [0.15, 0.2) is 48.5 Å². The van der Waals surface area contributed by atoms with Crippen molar-refractivity contribution in [3.8, 4) is 0 Å². The molecule has 0 aliphatic carbocycles. The Morgan fingerprint density at radius 1 is 1.05 bits per heavy atom. The van der Waals surface area contributed by atoms with Crippen LogP contribution in [0.1, 0.15) is 16.7 Å². The standard InChI is InChI=1S/C16H17N5/c17-14(18)10-6-7-13-11(8-10)9-16(21-13,15(19)20)12-4-2-1-3-5-12/h1-8,21H,9H2,(H3,17,18)(H3,19,20). The Balaban J connectivity index is 2.08. The molecule has 5 heteroatoms. The molecule has 1 unspecified atom stereocenters. The van der Waals surface area contributed by atoms with Gasteiger partial charge in [-0.2, -0.15) is 0 Å². The van der Waals surface area contributed by atoms with E-state index in [-0.39, 0.29) is 11.7 Å². The molecule has 0 saturated carbocycles. The van der Waals surface area contributed by atoms with E-state index in [1.165, 1.54) is 0 Å². The van der Waals surface area contributed by atoms with Crippen molar-refractivity contribution in [2.45, 2.75) is 12.0 Å². The molecule has 0 saturated heterocycles. The number of benzene rings is 2. The highest BCUT2D eigenvalue weighted by Crippen LogP contribution is 2.39. The number of fused-ring (bicyclic) bond motifs is 1. The predicted molar refractivity (Wildman–Crippen MR) is 84.8 cm³/mol. The molecule has 2 aromatic rings. The second-order valence-corrected chi connectivity index (χ2v) is 5.27. The Morgan fingerprint density at radius 3 is 2.38 bits per heavy atom. The molecular formula is C16H17N5. The molecule has 1 heterocycles. The second-order valence-electron chi connectivity index (χ2n) is 5.27. The number of nitrogens with two attached hydrogens (primary N) is 2. The number of nitrogens with one attached hydrogen (secondary N) is 3. The van der Waals surface area contributed by atoms with Gasteiger partial charge >= 0.3 is 0 Å². The fourth-order valence-electron chi connectivity index (χ4n) is 2.80. The minimum atomic E-state index is -0.723. The summed E-state index contributed by atoms with van der Waals surface area (Å²) >= 11 is 0. The van der Waals surface area contributed by atoms with E-state index in [0.717, 1.165) is 16.8 Å². The van der Waals surface area contributed by atoms with Crippen molar-refractivity contribution in [1.29, 1.82) is 10.8 Å². The lowest BCUT2D eigenvalue weighted by molar-refractivity contribution is 0.677. The zero-order valence-electron chi connectivity index (χ0n) is 11.5. The van der Waals surface area contributed by atoms with Crippen molar-refractivity contribution in [3.63, 3.8) is 0 Å². The first-order valence-electron chi connectivity index (χ1n) is 6.68. The highest BCUT2D eigenvalue weighted by Gasteiger charge is 2.41. The van der Waals surface area contributed by atoms with Gasteiger partial charge in [0.25, 0.3) is 0 Å². The Labute approximate surface area is 123 Å². The average Bonchev–Trinajstić information content (AvgIpc) is 2.88. The number of amidine groups is 2. The Morgan fingerprint density at radius 2 is 1.76 bits per heavy atom. The molecule has 2 aromatic carbocycles. The smallest absolute Gasteiger partial charge is 0.124 e. The summed E-state index contributed by atoms with van der Waals surface area (Å²) in [7, 11) is 0. The van der Waals surface area contributed by atoms with E-state index in [0.29, 0.717) is 12.0 Å². The Bertz CT molecular complexity index is 723. The summed E-state index contributed by atoms with van der Waals surface area (Å²) in [6, 6.07) is 15.3. The number of hydrogen-bond donors (Lipinski definition) is 5. The van der Waals surface area contributed by atoms with Gasteiger partial charge in [0.05, 0.1) is 0 Å². The van der Waals surface area contributed by atoms with Crippen LogP contribution in [0.4, 0.5) is 5.69 Å². The number of nitrogen functional groups attached to an aromatic ring is 1. The van der Waals surface area contributed by atoms with Gasteiger partial charge < -0.3 is 16.8 Å². The number of anilines is 1. The normalized spacial score (nSPS) is 19.6. The monoisotopic (exact) mass is 279 g/mol. The van der Waals surface area contributed by atoms with Gasteiger partial charge in [-0.15, -0.1) is 0 Å². The fraction of sp³-hybridized carbons (Fsp3) is 0.125. The highest BCUT2D eigenvalue weighted by molar-refractivity contribution is 5.97. The lowest BCUT2D eigenvalue weighted by Gasteiger charge is -2.29. The van der Waals surface area contributed by atoms with E-state index in [2.05, 4.69) is 5.32 Å². The van der Waals surface area contributed by atoms with E-state index in [1.54, 1.807) is 6.07 Å². The van der Waals surface area contributed by atoms with E-state index in [9.17, 15) is 0 Å². The molecule has 3 rings (SSSR count). The quantitative estimate of drug-likeness (QED) is 0.436. The largest absolute Gasteiger partial charge is 0.385 e. The molecule has 1 atom stereocenters. The third-order valence-electron chi connectivity index (χ3n) is 3.95. The zero-order valence-corrected chi connectivity index (χ0v) is 11.5. The first kappa shape index (κ1) is 13.2. The van der Waals surface area contributed by atoms with Gasteiger partial charge in [-0.05, 0) is 29.3 Å². The summed E-state index contributed by atoms with van der Waals surface area (Å²) in [4.78, 5) is 0. The van der Waals surface area contributed by atoms with Crippen molar-refractivity contribution >= 4 is 17.4 Å². The first-order valence-corrected chi connectivity index (χ1v) is 6.68. The molecule has 1 aliphatic rings. The maximum absolute atomic E-state index is 8.04. The van der Waals surface area contributed by atoms with Crippen molar-refractivity contribution < 1.29 is 0 Å². The summed E-state index contributed by atoms with van der Waals surface area (Å²) in [6.07, 6.45) is 0.572. The SMILES string of the molecule is N=C(N)c1ccc2c(c1)CC(C(=N)N)(c1ccccc1)N2. The summed E-state index contributed by atoms with van der Waals surface area (Å²) in [5.74, 6) is 0.118. The molecule has 106 valence electrons. The van der Waals surface area contributed by atoms with Crippen LogP contribution < -0.4 is 16.8 Å². The summed E-state index contributed by atoms with van der Waals surface area (Å²) in [5.41, 5.74) is 14.3. The van der Waals surface area contributed by atoms with Crippen molar-refractivity contribution in [1.82, 2.24) is 0 Å². The minimum Gasteiger partial charge on any atom is -0.385 e. The molecule has 0 aromatic heterocycles. The van der Waals surface area contributed by atoms with Gasteiger partial charge in [-0.25, -0.2) is 0 Å². The van der Waals surface area contributed by atoms with Crippen molar-refractivity contribution in [2.24, 2.45) is 11.5 Å². The lowest BCUT2D eigenvalue weighted by atomic mass is 9.86. The van der Waals surface area contributed by atoms with Gasteiger partial charge in [0.2, 0.25) is 0 Å². The van der Waals surface area contributed by atoms with Crippen LogP contribution in [-0.4, -0.2) is 11.7 Å². The number of rotatable bonds is 3. The summed E-state index contributed by atoms with van der Waals surface area (Å²) < 4.78 is 0. The Hall–Kier alpha value is -2.82. The van der Waals surface area contributed by atoms with Gasteiger partial charge in [-0.1, -0.05) is 30.3 Å². The molecule has 1 aliphatic heterocycles. The third kappa shape index (κ3) is 2.03. The summed E-state index contributed by atoms with van der Waals surface area (Å²) in [5, 5.41) is 18.9. The van der Waals surface area contributed by atoms with Crippen LogP contribution in [0.5, 0.6) is 0 Å². The van der Waals surface area contributed by atoms with Gasteiger partial charge in [-0.3, -0.25) is 10.8 Å². The van der Waals surface area contributed by atoms with Crippen LogP contribution in [0.25, 0.3) is 0 Å². The van der Waals surface area contributed by atoms with E-state index in [1.807, 2.05) is 42.5 Å². The molecular weight excluding hydrogens is 262 g/mol. The van der Waals surface area contributed by atoms with Crippen LogP contribution in [0.3, 0.4) is 0 Å². The third-order valence-corrected chi connectivity index (χ3v) is 3.95. The van der Waals surface area contributed by atoms with Crippen molar-refractivity contribution in [2.75, 3.05) is 5.32 Å². The van der Waals surface area contributed by atoms with Gasteiger partial charge in [0.1, 0.15) is 17.2 Å². The molecule has 21 heavy (non-hydrogen) atoms. The molecule has 0 fully saturated rings. The summed E-state index contributed by atoms with van der Waals surface area (Å²) in [6.45, 7) is 0. The molecule has 7 N–H and O–H groups in total. The van der Waals surface area contributed by atoms with Crippen LogP contribution in [-0.2, 0) is 12.0 Å². The average molecular weight is 279 g/mol. The van der Waals surface area contributed by atoms with Gasteiger partial charge in [0.15, 0.2) is 0 Å². The van der Waals surface area contributed by atoms with Crippen molar-refractivity contribution in [3.05, 3.63) is 65.2 Å². The van der Waals surface area contributed by atoms with Crippen LogP contribution >= 0.6 is 0 Å². The molecule has 0 radical (unpaired) electrons. The van der Waals surface area contributed by atoms with Crippen LogP contribution in [0.2, 0.25) is 0 Å². The zero-order chi connectivity index (χ0) is 15.0. The second kappa shape index (κ2) is 4.63. The van der Waals surface area contributed by atoms with E-state index in [4.69, 9.17) is 22.3 Å². The molecule has 0 bridgehead atoms. The topological polar surface area (TPSA) is 112 Å². The molecule has 5 nitrogen and oxygen atoms in total. The number of hydrogen-bond acceptors (Lipinski definition) is 3. The maximum atomic E-state index is 8.04. The fourth-order valence-corrected chi connectivity index (χ4v) is 2.80. The first-order chi connectivity index (χ1) is 10.0. The van der Waals surface area contributed by atoms with E-state index >= 15 is 0 Å². The Kier molecular flexibility index (Phi) is 2.90. The molecule has 0 spiro atoms. The minimum absolute atomic E-state index is 0.0397. The van der Waals surface area contributed by atoms with Gasteiger partial charge in [0, 0.05) is 17.7 Å². The predicted octanol–water partition coefficient (Wildman–Crippen LogP) is 1.77. The molecule has 0 amide bonds.